The molecule has 2 nitrogen and oxygen atoms in total. The van der Waals surface area contributed by atoms with Crippen LogP contribution in [0.3, 0.4) is 0 Å². The molecule has 4 saturated carbocycles. The normalized spacial score (nSPS) is 23.1. The Hall–Kier alpha value is -6.12. The molecule has 1 aromatic heterocycles. The molecule has 5 aliphatic rings. The smallest absolute Gasteiger partial charge is 0.0542 e. The van der Waals surface area contributed by atoms with Crippen LogP contribution in [0.5, 0.6) is 0 Å². The highest BCUT2D eigenvalue weighted by Gasteiger charge is 2.61. The van der Waals surface area contributed by atoms with E-state index in [1.165, 1.54) is 109 Å². The van der Waals surface area contributed by atoms with Crippen LogP contribution >= 0.6 is 0 Å². The first-order valence-electron chi connectivity index (χ1n) is 20.8. The van der Waals surface area contributed by atoms with Gasteiger partial charge in [-0.1, -0.05) is 109 Å². The zero-order valence-corrected chi connectivity index (χ0v) is 31.4. The van der Waals surface area contributed by atoms with Gasteiger partial charge < -0.3 is 9.47 Å². The van der Waals surface area contributed by atoms with Crippen LogP contribution in [0.2, 0.25) is 0 Å². The summed E-state index contributed by atoms with van der Waals surface area (Å²) in [6, 6.07) is 64.3. The Morgan fingerprint density at radius 3 is 1.88 bits per heavy atom. The van der Waals surface area contributed by atoms with Crippen LogP contribution in [0.4, 0.5) is 17.1 Å². The number of hydrogen-bond acceptors (Lipinski definition) is 1. The van der Waals surface area contributed by atoms with Crippen molar-refractivity contribution in [2.75, 3.05) is 4.90 Å². The molecule has 56 heavy (non-hydrogen) atoms. The highest BCUT2D eigenvalue weighted by Crippen LogP contribution is 2.69. The Morgan fingerprint density at radius 2 is 1.02 bits per heavy atom. The van der Waals surface area contributed by atoms with E-state index in [1.807, 2.05) is 0 Å². The minimum Gasteiger partial charge on any atom is -0.310 e. The van der Waals surface area contributed by atoms with E-state index in [2.05, 4.69) is 179 Å². The largest absolute Gasteiger partial charge is 0.310 e. The highest BCUT2D eigenvalue weighted by atomic mass is 15.1. The van der Waals surface area contributed by atoms with Gasteiger partial charge in [0.15, 0.2) is 0 Å². The summed E-state index contributed by atoms with van der Waals surface area (Å²) in [6.45, 7) is 0. The van der Waals surface area contributed by atoms with Gasteiger partial charge in [0.2, 0.25) is 0 Å². The minimum absolute atomic E-state index is 0.108. The fourth-order valence-corrected chi connectivity index (χ4v) is 12.8. The summed E-state index contributed by atoms with van der Waals surface area (Å²) in [6.07, 6.45) is 7.00. The van der Waals surface area contributed by atoms with Crippen LogP contribution < -0.4 is 4.90 Å². The predicted octanol–water partition coefficient (Wildman–Crippen LogP) is 14.3. The second kappa shape index (κ2) is 11.5. The number of rotatable bonds is 4. The first-order chi connectivity index (χ1) is 27.7. The zero-order valence-electron chi connectivity index (χ0n) is 31.4. The van der Waals surface area contributed by atoms with Gasteiger partial charge in [-0.25, -0.2) is 0 Å². The lowest BCUT2D eigenvalue weighted by Gasteiger charge is -2.61. The van der Waals surface area contributed by atoms with E-state index in [-0.39, 0.29) is 5.41 Å². The Morgan fingerprint density at radius 1 is 0.411 bits per heavy atom. The molecule has 0 atom stereocenters. The molecular weight excluding hydrogens is 677 g/mol. The van der Waals surface area contributed by atoms with Crippen molar-refractivity contribution in [1.29, 1.82) is 0 Å². The molecule has 1 spiro atoms. The van der Waals surface area contributed by atoms with E-state index in [9.17, 15) is 0 Å². The van der Waals surface area contributed by atoms with Gasteiger partial charge >= 0.3 is 0 Å². The monoisotopic (exact) mass is 718 g/mol. The molecule has 0 saturated heterocycles. The van der Waals surface area contributed by atoms with Crippen molar-refractivity contribution >= 4 is 60.4 Å². The number of benzene rings is 8. The summed E-state index contributed by atoms with van der Waals surface area (Å²) < 4.78 is 2.42. The maximum Gasteiger partial charge on any atom is 0.0542 e. The average molecular weight is 719 g/mol. The van der Waals surface area contributed by atoms with Gasteiger partial charge in [-0.2, -0.15) is 0 Å². The van der Waals surface area contributed by atoms with Crippen molar-refractivity contribution < 1.29 is 0 Å². The van der Waals surface area contributed by atoms with E-state index in [4.69, 9.17) is 0 Å². The van der Waals surface area contributed by atoms with E-state index in [1.54, 1.807) is 11.1 Å². The van der Waals surface area contributed by atoms with E-state index in [0.29, 0.717) is 0 Å². The third-order valence-electron chi connectivity index (χ3n) is 14.7. The van der Waals surface area contributed by atoms with Crippen LogP contribution in [-0.4, -0.2) is 4.57 Å². The topological polar surface area (TPSA) is 8.17 Å². The second-order valence-electron chi connectivity index (χ2n) is 17.4. The average Bonchev–Trinajstić information content (AvgIpc) is 3.73. The molecule has 0 radical (unpaired) electrons. The van der Waals surface area contributed by atoms with Crippen LogP contribution in [0, 0.1) is 23.7 Å². The van der Waals surface area contributed by atoms with Crippen molar-refractivity contribution in [2.24, 2.45) is 23.7 Å². The zero-order chi connectivity index (χ0) is 36.5. The summed E-state index contributed by atoms with van der Waals surface area (Å²) in [5.41, 5.74) is 13.5. The lowest BCUT2D eigenvalue weighted by molar-refractivity contribution is -0.0399. The Labute approximate surface area is 327 Å². The van der Waals surface area contributed by atoms with Gasteiger partial charge in [0.1, 0.15) is 0 Å². The minimum atomic E-state index is 0.108. The van der Waals surface area contributed by atoms with Crippen LogP contribution in [-0.2, 0) is 5.41 Å². The second-order valence-corrected chi connectivity index (χ2v) is 17.4. The fraction of sp³-hybridized carbons (Fsp3) is 0.185. The predicted molar refractivity (Wildman–Crippen MR) is 234 cm³/mol. The van der Waals surface area contributed by atoms with Crippen LogP contribution in [0.25, 0.3) is 60.2 Å². The number of aromatic nitrogens is 1. The molecule has 0 N–H and O–H groups in total. The van der Waals surface area contributed by atoms with Crippen LogP contribution in [0.1, 0.15) is 43.2 Å². The van der Waals surface area contributed by atoms with Gasteiger partial charge in [0.05, 0.1) is 11.0 Å². The molecule has 268 valence electrons. The Kier molecular flexibility index (Phi) is 6.37. The maximum atomic E-state index is 2.64. The number of nitrogens with zero attached hydrogens (tertiary/aromatic N) is 2. The van der Waals surface area contributed by atoms with Gasteiger partial charge in [-0.05, 0) is 160 Å². The van der Waals surface area contributed by atoms with Crippen molar-refractivity contribution in [3.63, 3.8) is 0 Å². The summed E-state index contributed by atoms with van der Waals surface area (Å²) in [4.78, 5) is 2.55. The number of hydrogen-bond donors (Lipinski definition) is 0. The molecule has 14 rings (SSSR count). The van der Waals surface area contributed by atoms with Gasteiger partial charge in [0, 0.05) is 38.9 Å². The maximum absolute atomic E-state index is 2.64. The Balaban J connectivity index is 1.05. The fourth-order valence-electron chi connectivity index (χ4n) is 12.8. The van der Waals surface area contributed by atoms with Gasteiger partial charge in [-0.3, -0.25) is 0 Å². The van der Waals surface area contributed by atoms with Crippen molar-refractivity contribution in [2.45, 2.75) is 37.5 Å². The quantitative estimate of drug-likeness (QED) is 0.165. The number of para-hydroxylation sites is 2. The Bertz CT molecular complexity index is 3030. The summed E-state index contributed by atoms with van der Waals surface area (Å²) >= 11 is 0. The summed E-state index contributed by atoms with van der Waals surface area (Å²) in [7, 11) is 0. The molecule has 0 aliphatic heterocycles. The van der Waals surface area contributed by atoms with E-state index in [0.717, 1.165) is 23.7 Å². The highest BCUT2D eigenvalue weighted by molar-refractivity contribution is 6.11. The molecular formula is C54H42N2. The molecule has 9 aromatic rings. The molecule has 4 bridgehead atoms. The molecule has 0 unspecified atom stereocenters. The van der Waals surface area contributed by atoms with Crippen LogP contribution in [0.15, 0.2) is 170 Å². The molecule has 5 aliphatic carbocycles. The third kappa shape index (κ3) is 4.17. The van der Waals surface area contributed by atoms with E-state index < -0.39 is 0 Å². The summed E-state index contributed by atoms with van der Waals surface area (Å²) in [5, 5.41) is 7.69. The van der Waals surface area contributed by atoms with Crippen molar-refractivity contribution in [3.8, 4) is 16.8 Å². The van der Waals surface area contributed by atoms with Crippen molar-refractivity contribution in [1.82, 2.24) is 4.57 Å². The molecule has 0 amide bonds. The summed E-state index contributed by atoms with van der Waals surface area (Å²) in [5.74, 6) is 3.27. The van der Waals surface area contributed by atoms with Gasteiger partial charge in [-0.15, -0.1) is 0 Å². The lowest BCUT2D eigenvalue weighted by Crippen LogP contribution is -2.55. The SMILES string of the molecule is c1ccc(-n2c3ccccc3c3cc(N(c4ccc5c(c4)C4(c6ccccc6-5)C5CC6CC(C5)CC4C6)c4ccc5c(ccc6ccccc65)c4)ccc32)cc1. The van der Waals surface area contributed by atoms with Gasteiger partial charge in [0.25, 0.3) is 0 Å². The molecule has 8 aromatic carbocycles. The first kappa shape index (κ1) is 31.1. The third-order valence-corrected chi connectivity index (χ3v) is 14.7. The molecule has 2 heteroatoms. The van der Waals surface area contributed by atoms with Crippen molar-refractivity contribution in [3.05, 3.63) is 181 Å². The number of fused-ring (bicyclic) bond motifs is 9. The standard InChI is InChI=1S/C54H42N2/c1-2-11-40(12-3-1)56-52-17-9-7-15-48(52)49-32-42(22-25-53(49)56)55(41-20-23-45-37(31-41)19-18-36-10-4-5-13-44(36)45)43-21-24-47-46-14-6-8-16-50(46)54(51(47)33-43)38-27-34-26-35(29-38)30-39(54)28-34/h1-25,31-35,38-39H,26-30H2. The molecule has 1 heterocycles. The van der Waals surface area contributed by atoms with E-state index >= 15 is 0 Å². The lowest BCUT2D eigenvalue weighted by atomic mass is 9.43. The molecule has 4 fully saturated rings. The number of anilines is 3. The first-order valence-corrected chi connectivity index (χ1v) is 20.8.